The molecule has 144 valence electrons. The van der Waals surface area contributed by atoms with Gasteiger partial charge in [-0.15, -0.1) is 0 Å². The van der Waals surface area contributed by atoms with Crippen molar-refractivity contribution in [3.05, 3.63) is 66.1 Å². The molecule has 0 saturated heterocycles. The molecule has 0 bridgehead atoms. The Balaban J connectivity index is 1.41. The summed E-state index contributed by atoms with van der Waals surface area (Å²) in [5, 5.41) is 3.97. The van der Waals surface area contributed by atoms with Crippen LogP contribution < -0.4 is 5.32 Å². The highest BCUT2D eigenvalue weighted by molar-refractivity contribution is 5.92. The van der Waals surface area contributed by atoms with Crippen LogP contribution in [0, 0.1) is 11.7 Å². The van der Waals surface area contributed by atoms with Crippen LogP contribution >= 0.6 is 0 Å². The predicted octanol–water partition coefficient (Wildman–Crippen LogP) is 4.26. The van der Waals surface area contributed by atoms with Crippen LogP contribution in [-0.2, 0) is 0 Å². The van der Waals surface area contributed by atoms with E-state index in [0.29, 0.717) is 17.5 Å². The van der Waals surface area contributed by atoms with Gasteiger partial charge in [0.2, 0.25) is 0 Å². The molecular weight excluding hydrogens is 355 g/mol. The lowest BCUT2D eigenvalue weighted by Gasteiger charge is -2.33. The number of nitrogens with zero attached hydrogens (tertiary/aromatic N) is 3. The maximum atomic E-state index is 13.7. The van der Waals surface area contributed by atoms with Gasteiger partial charge in [-0.05, 0) is 74.3 Å². The Morgan fingerprint density at radius 2 is 1.93 bits per heavy atom. The van der Waals surface area contributed by atoms with E-state index in [9.17, 15) is 9.18 Å². The number of pyridine rings is 1. The molecule has 2 aromatic heterocycles. The Kier molecular flexibility index (Phi) is 5.28. The number of carbonyl (C=O) groups excluding carboxylic acids is 1. The molecule has 1 saturated carbocycles. The van der Waals surface area contributed by atoms with E-state index in [-0.39, 0.29) is 17.8 Å². The highest BCUT2D eigenvalue weighted by Gasteiger charge is 2.28. The molecule has 1 atom stereocenters. The van der Waals surface area contributed by atoms with Crippen molar-refractivity contribution in [2.24, 2.45) is 5.92 Å². The molecule has 6 heteroatoms. The lowest BCUT2D eigenvalue weighted by molar-refractivity contribution is 0.0912. The number of benzene rings is 1. The summed E-state index contributed by atoms with van der Waals surface area (Å²) in [6.45, 7) is 2.05. The van der Waals surface area contributed by atoms with E-state index in [1.165, 1.54) is 24.0 Å². The van der Waals surface area contributed by atoms with Crippen LogP contribution in [0.3, 0.4) is 0 Å². The van der Waals surface area contributed by atoms with Crippen LogP contribution in [0.5, 0.6) is 0 Å². The highest BCUT2D eigenvalue weighted by atomic mass is 19.1. The van der Waals surface area contributed by atoms with Crippen molar-refractivity contribution in [1.82, 2.24) is 20.3 Å². The number of hydrogen-bond donors (Lipinski definition) is 1. The summed E-state index contributed by atoms with van der Waals surface area (Å²) in [6.07, 6.45) is 10.4. The molecule has 5 nitrogen and oxygen atoms in total. The summed E-state index contributed by atoms with van der Waals surface area (Å²) in [6, 6.07) is 6.88. The van der Waals surface area contributed by atoms with Crippen LogP contribution in [-0.4, -0.2) is 26.9 Å². The summed E-state index contributed by atoms with van der Waals surface area (Å²) in [4.78, 5) is 24.7. The fourth-order valence-electron chi connectivity index (χ4n) is 4.24. The van der Waals surface area contributed by atoms with Gasteiger partial charge in [-0.25, -0.2) is 9.37 Å². The minimum atomic E-state index is -0.226. The van der Waals surface area contributed by atoms with Crippen molar-refractivity contribution in [2.75, 3.05) is 0 Å². The van der Waals surface area contributed by atoms with Gasteiger partial charge < -0.3 is 5.32 Å². The number of nitrogens with one attached hydrogen (secondary N) is 1. The first kappa shape index (κ1) is 18.5. The van der Waals surface area contributed by atoms with E-state index in [1.54, 1.807) is 18.3 Å². The highest BCUT2D eigenvalue weighted by Crippen LogP contribution is 2.39. The Morgan fingerprint density at radius 1 is 1.11 bits per heavy atom. The van der Waals surface area contributed by atoms with Crippen molar-refractivity contribution in [3.63, 3.8) is 0 Å². The standard InChI is InChI=1S/C22H23FN4O/c1-14(27-22(28)21-13-24-10-11-26-21)15-2-4-16(5-3-15)18-8-9-25-20-7-6-17(23)12-19(18)20/h6-16H,2-5H2,1H3,(H,27,28)/t14?,15-,16+. The fourth-order valence-corrected chi connectivity index (χ4v) is 4.24. The van der Waals surface area contributed by atoms with Crippen LogP contribution in [0.15, 0.2) is 49.1 Å². The molecule has 2 heterocycles. The van der Waals surface area contributed by atoms with Crippen molar-refractivity contribution in [2.45, 2.75) is 44.6 Å². The summed E-state index contributed by atoms with van der Waals surface area (Å²) in [5.74, 6) is 0.405. The number of fused-ring (bicyclic) bond motifs is 1. The third kappa shape index (κ3) is 3.86. The van der Waals surface area contributed by atoms with E-state index >= 15 is 0 Å². The molecule has 0 aliphatic heterocycles. The van der Waals surface area contributed by atoms with Crippen molar-refractivity contribution >= 4 is 16.8 Å². The Bertz CT molecular complexity index is 971. The minimum absolute atomic E-state index is 0.0714. The second-order valence-electron chi connectivity index (χ2n) is 7.53. The molecule has 3 aromatic rings. The lowest BCUT2D eigenvalue weighted by atomic mass is 9.75. The molecule has 1 amide bonds. The molecule has 28 heavy (non-hydrogen) atoms. The second kappa shape index (κ2) is 8.00. The first-order valence-corrected chi connectivity index (χ1v) is 9.73. The monoisotopic (exact) mass is 378 g/mol. The molecule has 1 aromatic carbocycles. The molecule has 1 aliphatic rings. The number of rotatable bonds is 4. The minimum Gasteiger partial charge on any atom is -0.348 e. The van der Waals surface area contributed by atoms with Gasteiger partial charge in [-0.2, -0.15) is 0 Å². The smallest absolute Gasteiger partial charge is 0.271 e. The van der Waals surface area contributed by atoms with Crippen molar-refractivity contribution in [3.8, 4) is 0 Å². The van der Waals surface area contributed by atoms with E-state index in [4.69, 9.17) is 0 Å². The van der Waals surface area contributed by atoms with Gasteiger partial charge in [0.05, 0.1) is 11.7 Å². The van der Waals surface area contributed by atoms with E-state index in [2.05, 4.69) is 27.2 Å². The largest absolute Gasteiger partial charge is 0.348 e. The van der Waals surface area contributed by atoms with Crippen LogP contribution in [0.2, 0.25) is 0 Å². The maximum Gasteiger partial charge on any atom is 0.271 e. The van der Waals surface area contributed by atoms with Gasteiger partial charge in [0.15, 0.2) is 0 Å². The molecule has 1 unspecified atom stereocenters. The van der Waals surface area contributed by atoms with E-state index < -0.39 is 0 Å². The van der Waals surface area contributed by atoms with Crippen molar-refractivity contribution in [1.29, 1.82) is 0 Å². The third-order valence-corrected chi connectivity index (χ3v) is 5.81. The average molecular weight is 378 g/mol. The zero-order chi connectivity index (χ0) is 19.5. The zero-order valence-electron chi connectivity index (χ0n) is 15.8. The second-order valence-corrected chi connectivity index (χ2v) is 7.53. The Hall–Kier alpha value is -2.89. The molecule has 0 radical (unpaired) electrons. The molecule has 1 fully saturated rings. The van der Waals surface area contributed by atoms with Gasteiger partial charge >= 0.3 is 0 Å². The first-order chi connectivity index (χ1) is 13.6. The topological polar surface area (TPSA) is 67.8 Å². The summed E-state index contributed by atoms with van der Waals surface area (Å²) in [7, 11) is 0. The van der Waals surface area contributed by atoms with Gasteiger partial charge in [-0.3, -0.25) is 14.8 Å². The van der Waals surface area contributed by atoms with Crippen LogP contribution in [0.25, 0.3) is 10.9 Å². The maximum absolute atomic E-state index is 13.7. The SMILES string of the molecule is CC(NC(=O)c1cnccn1)[C@H]1CC[C@@H](c2ccnc3ccc(F)cc32)CC1. The zero-order valence-corrected chi connectivity index (χ0v) is 15.8. The lowest BCUT2D eigenvalue weighted by Crippen LogP contribution is -2.39. The molecular formula is C22H23FN4O. The molecule has 4 rings (SSSR count). The summed E-state index contributed by atoms with van der Waals surface area (Å²) >= 11 is 0. The quantitative estimate of drug-likeness (QED) is 0.737. The number of amides is 1. The van der Waals surface area contributed by atoms with E-state index in [1.807, 2.05) is 12.3 Å². The third-order valence-electron chi connectivity index (χ3n) is 5.81. The number of aromatic nitrogens is 3. The average Bonchev–Trinajstić information content (AvgIpc) is 2.74. The molecule has 0 spiro atoms. The number of carbonyl (C=O) groups is 1. The summed E-state index contributed by atoms with van der Waals surface area (Å²) < 4.78 is 13.7. The van der Waals surface area contributed by atoms with Gasteiger partial charge in [0.25, 0.3) is 5.91 Å². The van der Waals surface area contributed by atoms with Crippen molar-refractivity contribution < 1.29 is 9.18 Å². The predicted molar refractivity (Wildman–Crippen MR) is 105 cm³/mol. The van der Waals surface area contributed by atoms with Crippen LogP contribution in [0.1, 0.15) is 54.6 Å². The summed E-state index contributed by atoms with van der Waals surface area (Å²) in [5.41, 5.74) is 2.36. The Labute approximate surface area is 163 Å². The number of halogens is 1. The normalized spacial score (nSPS) is 20.6. The van der Waals surface area contributed by atoms with E-state index in [0.717, 1.165) is 36.6 Å². The van der Waals surface area contributed by atoms with Crippen LogP contribution in [0.4, 0.5) is 4.39 Å². The Morgan fingerprint density at radius 3 is 2.68 bits per heavy atom. The fraction of sp³-hybridized carbons (Fsp3) is 0.364. The molecule has 1 N–H and O–H groups in total. The van der Waals surface area contributed by atoms with Gasteiger partial charge in [-0.1, -0.05) is 0 Å². The first-order valence-electron chi connectivity index (χ1n) is 9.73. The van der Waals surface area contributed by atoms with Gasteiger partial charge in [0, 0.05) is 30.0 Å². The van der Waals surface area contributed by atoms with Gasteiger partial charge in [0.1, 0.15) is 11.5 Å². The number of hydrogen-bond acceptors (Lipinski definition) is 4. The molecule has 1 aliphatic carbocycles.